The predicted molar refractivity (Wildman–Crippen MR) is 69.1 cm³/mol. The van der Waals surface area contributed by atoms with Crippen molar-refractivity contribution in [2.75, 3.05) is 0 Å². The van der Waals surface area contributed by atoms with Gasteiger partial charge in [-0.2, -0.15) is 0 Å². The van der Waals surface area contributed by atoms with Crippen molar-refractivity contribution >= 4 is 11.6 Å². The lowest BCUT2D eigenvalue weighted by Crippen LogP contribution is -2.24. The minimum absolute atomic E-state index is 0.145. The van der Waals surface area contributed by atoms with Crippen molar-refractivity contribution in [3.05, 3.63) is 52.1 Å². The van der Waals surface area contributed by atoms with E-state index in [2.05, 4.69) is 10.3 Å². The zero-order valence-electron chi connectivity index (χ0n) is 10.6. The number of amides is 1. The lowest BCUT2D eigenvalue weighted by atomic mass is 10.1. The van der Waals surface area contributed by atoms with Crippen molar-refractivity contribution in [3.8, 4) is 5.75 Å². The van der Waals surface area contributed by atoms with Crippen LogP contribution in [-0.2, 0) is 13.6 Å². The van der Waals surface area contributed by atoms with E-state index in [9.17, 15) is 20.0 Å². The highest BCUT2D eigenvalue weighted by molar-refractivity contribution is 5.97. The maximum Gasteiger partial charge on any atom is 0.311 e. The van der Waals surface area contributed by atoms with Crippen LogP contribution in [0.5, 0.6) is 5.75 Å². The van der Waals surface area contributed by atoms with Gasteiger partial charge in [0.15, 0.2) is 0 Å². The number of nitro groups is 1. The second kappa shape index (κ2) is 5.39. The van der Waals surface area contributed by atoms with Gasteiger partial charge in [-0.15, -0.1) is 0 Å². The molecule has 1 aromatic heterocycles. The molecule has 1 amide bonds. The molecule has 0 aliphatic carbocycles. The SMILES string of the molecule is Cn1ccnc1CNC(=O)c1cccc([N+](=O)[O-])c1O. The number of hydrogen-bond acceptors (Lipinski definition) is 5. The van der Waals surface area contributed by atoms with Crippen molar-refractivity contribution < 1.29 is 14.8 Å². The molecule has 0 spiro atoms. The van der Waals surface area contributed by atoms with E-state index >= 15 is 0 Å². The highest BCUT2D eigenvalue weighted by Gasteiger charge is 2.20. The number of imidazole rings is 1. The zero-order valence-corrected chi connectivity index (χ0v) is 10.6. The summed E-state index contributed by atoms with van der Waals surface area (Å²) in [5, 5.41) is 22.9. The summed E-state index contributed by atoms with van der Waals surface area (Å²) in [6, 6.07) is 3.79. The van der Waals surface area contributed by atoms with Crippen LogP contribution in [0.3, 0.4) is 0 Å². The molecule has 0 bridgehead atoms. The molecule has 0 fully saturated rings. The smallest absolute Gasteiger partial charge is 0.311 e. The van der Waals surface area contributed by atoms with Gasteiger partial charge in [0, 0.05) is 25.5 Å². The van der Waals surface area contributed by atoms with Crippen LogP contribution in [0.2, 0.25) is 0 Å². The van der Waals surface area contributed by atoms with Crippen molar-refractivity contribution in [2.24, 2.45) is 7.05 Å². The number of carbonyl (C=O) groups excluding carboxylic acids is 1. The highest BCUT2D eigenvalue weighted by Crippen LogP contribution is 2.29. The maximum atomic E-state index is 11.9. The minimum atomic E-state index is -0.745. The number of hydrogen-bond donors (Lipinski definition) is 2. The fourth-order valence-corrected chi connectivity index (χ4v) is 1.68. The third-order valence-corrected chi connectivity index (χ3v) is 2.78. The van der Waals surface area contributed by atoms with Crippen LogP contribution in [-0.4, -0.2) is 25.5 Å². The summed E-state index contributed by atoms with van der Waals surface area (Å²) in [6.45, 7) is 0.157. The molecular formula is C12H12N4O4. The second-order valence-electron chi connectivity index (χ2n) is 4.07. The summed E-state index contributed by atoms with van der Waals surface area (Å²) in [6.07, 6.45) is 3.32. The number of phenols is 1. The van der Waals surface area contributed by atoms with Gasteiger partial charge in [0.05, 0.1) is 17.0 Å². The average molecular weight is 276 g/mol. The summed E-state index contributed by atoms with van der Waals surface area (Å²) in [4.78, 5) is 25.9. The normalized spacial score (nSPS) is 10.2. The molecule has 0 atom stereocenters. The van der Waals surface area contributed by atoms with Gasteiger partial charge in [-0.3, -0.25) is 14.9 Å². The number of aryl methyl sites for hydroxylation is 1. The number of nitrogens with zero attached hydrogens (tertiary/aromatic N) is 3. The molecule has 8 nitrogen and oxygen atoms in total. The molecule has 0 radical (unpaired) electrons. The fourth-order valence-electron chi connectivity index (χ4n) is 1.68. The first-order chi connectivity index (χ1) is 9.50. The maximum absolute atomic E-state index is 11.9. The number of aromatic nitrogens is 2. The Hall–Kier alpha value is -2.90. The molecule has 0 saturated carbocycles. The van der Waals surface area contributed by atoms with Gasteiger partial charge in [-0.1, -0.05) is 6.07 Å². The lowest BCUT2D eigenvalue weighted by Gasteiger charge is -2.07. The summed E-state index contributed by atoms with van der Waals surface area (Å²) < 4.78 is 1.73. The van der Waals surface area contributed by atoms with Crippen molar-refractivity contribution in [1.29, 1.82) is 0 Å². The Balaban J connectivity index is 2.16. The van der Waals surface area contributed by atoms with E-state index < -0.39 is 22.3 Å². The van der Waals surface area contributed by atoms with Gasteiger partial charge in [0.2, 0.25) is 5.75 Å². The van der Waals surface area contributed by atoms with Gasteiger partial charge in [0.25, 0.3) is 5.91 Å². The second-order valence-corrected chi connectivity index (χ2v) is 4.07. The van der Waals surface area contributed by atoms with E-state index in [0.29, 0.717) is 5.82 Å². The molecule has 1 aromatic carbocycles. The van der Waals surface area contributed by atoms with Gasteiger partial charge in [-0.05, 0) is 6.07 Å². The molecule has 2 aromatic rings. The number of carbonyl (C=O) groups is 1. The largest absolute Gasteiger partial charge is 0.502 e. The molecule has 104 valence electrons. The van der Waals surface area contributed by atoms with Gasteiger partial charge >= 0.3 is 5.69 Å². The number of benzene rings is 1. The van der Waals surface area contributed by atoms with Crippen LogP contribution in [0.1, 0.15) is 16.2 Å². The summed E-state index contributed by atoms with van der Waals surface area (Å²) in [7, 11) is 1.78. The lowest BCUT2D eigenvalue weighted by molar-refractivity contribution is -0.385. The van der Waals surface area contributed by atoms with Crippen molar-refractivity contribution in [2.45, 2.75) is 6.54 Å². The number of phenolic OH excluding ortho intramolecular Hbond substituents is 1. The molecular weight excluding hydrogens is 264 g/mol. The molecule has 1 heterocycles. The fraction of sp³-hybridized carbons (Fsp3) is 0.167. The van der Waals surface area contributed by atoms with E-state index in [4.69, 9.17) is 0 Å². The van der Waals surface area contributed by atoms with Crippen LogP contribution in [0, 0.1) is 10.1 Å². The summed E-state index contributed by atoms with van der Waals surface area (Å²) in [5.41, 5.74) is -0.650. The van der Waals surface area contributed by atoms with Gasteiger partial charge in [0.1, 0.15) is 5.82 Å². The average Bonchev–Trinajstić information content (AvgIpc) is 2.81. The molecule has 0 unspecified atom stereocenters. The quantitative estimate of drug-likeness (QED) is 0.638. The van der Waals surface area contributed by atoms with Crippen LogP contribution < -0.4 is 5.32 Å². The molecule has 0 aliphatic heterocycles. The van der Waals surface area contributed by atoms with Crippen molar-refractivity contribution in [3.63, 3.8) is 0 Å². The van der Waals surface area contributed by atoms with Crippen LogP contribution in [0.25, 0.3) is 0 Å². The topological polar surface area (TPSA) is 110 Å². The third-order valence-electron chi connectivity index (χ3n) is 2.78. The molecule has 0 aliphatic rings. The zero-order chi connectivity index (χ0) is 14.7. The molecule has 8 heteroatoms. The summed E-state index contributed by atoms with van der Waals surface area (Å²) >= 11 is 0. The molecule has 2 N–H and O–H groups in total. The van der Waals surface area contributed by atoms with Crippen LogP contribution in [0.4, 0.5) is 5.69 Å². The Morgan fingerprint density at radius 2 is 2.30 bits per heavy atom. The van der Waals surface area contributed by atoms with E-state index in [-0.39, 0.29) is 12.1 Å². The Morgan fingerprint density at radius 1 is 1.55 bits per heavy atom. The Morgan fingerprint density at radius 3 is 2.90 bits per heavy atom. The Bertz CT molecular complexity index is 665. The van der Waals surface area contributed by atoms with Gasteiger partial charge < -0.3 is 15.0 Å². The molecule has 0 saturated heterocycles. The number of rotatable bonds is 4. The number of nitrogens with one attached hydrogen (secondary N) is 1. The van der Waals surface area contributed by atoms with Crippen LogP contribution in [0.15, 0.2) is 30.6 Å². The first-order valence-corrected chi connectivity index (χ1v) is 5.71. The number of aromatic hydroxyl groups is 1. The van der Waals surface area contributed by atoms with E-state index in [1.165, 1.54) is 12.1 Å². The molecule has 2 rings (SSSR count). The standard InChI is InChI=1S/C12H12N4O4/c1-15-6-5-13-10(15)7-14-12(18)8-3-2-4-9(11(8)17)16(19)20/h2-6,17H,7H2,1H3,(H,14,18). The Kier molecular flexibility index (Phi) is 3.65. The first-order valence-electron chi connectivity index (χ1n) is 5.71. The Labute approximate surface area is 113 Å². The highest BCUT2D eigenvalue weighted by atomic mass is 16.6. The first kappa shape index (κ1) is 13.5. The number of nitro benzene ring substituents is 1. The summed E-state index contributed by atoms with van der Waals surface area (Å²) in [5.74, 6) is -0.618. The monoisotopic (exact) mass is 276 g/mol. The van der Waals surface area contributed by atoms with Crippen molar-refractivity contribution in [1.82, 2.24) is 14.9 Å². The van der Waals surface area contributed by atoms with Crippen LogP contribution >= 0.6 is 0 Å². The predicted octanol–water partition coefficient (Wildman–Crippen LogP) is 0.964. The van der Waals surface area contributed by atoms with E-state index in [1.807, 2.05) is 0 Å². The van der Waals surface area contributed by atoms with E-state index in [1.54, 1.807) is 24.0 Å². The van der Waals surface area contributed by atoms with Gasteiger partial charge in [-0.25, -0.2) is 4.98 Å². The number of para-hydroxylation sites is 1. The third kappa shape index (κ3) is 2.58. The van der Waals surface area contributed by atoms with E-state index in [0.717, 1.165) is 6.07 Å². The molecule has 20 heavy (non-hydrogen) atoms. The minimum Gasteiger partial charge on any atom is -0.502 e.